The zero-order valence-corrected chi connectivity index (χ0v) is 11.4. The van der Waals surface area contributed by atoms with Gasteiger partial charge in [-0.15, -0.1) is 10.2 Å². The zero-order valence-electron chi connectivity index (χ0n) is 10.6. The molecule has 1 N–H and O–H groups in total. The average Bonchev–Trinajstić information content (AvgIpc) is 2.87. The van der Waals surface area contributed by atoms with E-state index in [2.05, 4.69) is 22.4 Å². The average molecular weight is 284 g/mol. The third kappa shape index (κ3) is 3.75. The van der Waals surface area contributed by atoms with Gasteiger partial charge in [-0.2, -0.15) is 0 Å². The van der Waals surface area contributed by atoms with Crippen LogP contribution in [-0.4, -0.2) is 23.3 Å². The Labute approximate surface area is 116 Å². The normalized spacial score (nSPS) is 10.9. The summed E-state index contributed by atoms with van der Waals surface area (Å²) in [6, 6.07) is 4.32. The lowest BCUT2D eigenvalue weighted by atomic mass is 10.2. The highest BCUT2D eigenvalue weighted by atomic mass is 35.5. The topological polar surface area (TPSA) is 51.0 Å². The van der Waals surface area contributed by atoms with Crippen molar-refractivity contribution in [2.24, 2.45) is 0 Å². The molecule has 1 aromatic carbocycles. The number of hydrogen-bond donors (Lipinski definition) is 1. The lowest BCUT2D eigenvalue weighted by Crippen LogP contribution is -2.17. The molecule has 0 aliphatic heterocycles. The van der Waals surface area contributed by atoms with E-state index in [0.29, 0.717) is 23.8 Å². The molecule has 2 aromatic rings. The van der Waals surface area contributed by atoms with Crippen LogP contribution in [0.3, 0.4) is 0 Å². The monoisotopic (exact) mass is 283 g/mol. The first-order valence-corrected chi connectivity index (χ1v) is 6.57. The lowest BCUT2D eigenvalue weighted by Gasteiger charge is -1.99. The highest BCUT2D eigenvalue weighted by molar-refractivity contribution is 6.31. The summed E-state index contributed by atoms with van der Waals surface area (Å²) >= 11 is 5.71. The number of nitrogens with zero attached hydrogens (tertiary/aromatic N) is 2. The van der Waals surface area contributed by atoms with Crippen molar-refractivity contribution >= 4 is 11.6 Å². The number of benzene rings is 1. The molecule has 0 atom stereocenters. The van der Waals surface area contributed by atoms with Gasteiger partial charge < -0.3 is 9.73 Å². The predicted octanol–water partition coefficient (Wildman–Crippen LogP) is 3.07. The molecule has 0 bridgehead atoms. The second-order valence-corrected chi connectivity index (χ2v) is 4.54. The summed E-state index contributed by atoms with van der Waals surface area (Å²) in [5.41, 5.74) is 0.617. The van der Waals surface area contributed by atoms with Crippen LogP contribution in [0.4, 0.5) is 4.39 Å². The van der Waals surface area contributed by atoms with Gasteiger partial charge in [-0.25, -0.2) is 4.39 Å². The van der Waals surface area contributed by atoms with Crippen molar-refractivity contribution in [2.45, 2.75) is 19.8 Å². The molecule has 19 heavy (non-hydrogen) atoms. The molecular formula is C13H15ClFN3O. The maximum absolute atomic E-state index is 13.1. The molecule has 0 radical (unpaired) electrons. The third-order valence-corrected chi connectivity index (χ3v) is 2.87. The van der Waals surface area contributed by atoms with E-state index in [1.165, 1.54) is 12.1 Å². The van der Waals surface area contributed by atoms with Gasteiger partial charge >= 0.3 is 0 Å². The minimum atomic E-state index is -0.464. The van der Waals surface area contributed by atoms with Crippen LogP contribution in [0, 0.1) is 5.82 Å². The van der Waals surface area contributed by atoms with Crippen molar-refractivity contribution in [3.8, 4) is 11.5 Å². The SMILES string of the molecule is CCCNCCc1nnc(-c2ccc(F)c(Cl)c2)o1. The quantitative estimate of drug-likeness (QED) is 0.828. The summed E-state index contributed by atoms with van der Waals surface area (Å²) in [6.07, 6.45) is 1.76. The van der Waals surface area contributed by atoms with Gasteiger partial charge in [0, 0.05) is 18.5 Å². The van der Waals surface area contributed by atoms with Crippen LogP contribution in [0.1, 0.15) is 19.2 Å². The molecule has 1 aromatic heterocycles. The molecule has 0 aliphatic carbocycles. The Kier molecular flexibility index (Phi) is 4.87. The molecule has 0 fully saturated rings. The van der Waals surface area contributed by atoms with E-state index < -0.39 is 5.82 Å². The van der Waals surface area contributed by atoms with Crippen molar-refractivity contribution in [1.82, 2.24) is 15.5 Å². The fraction of sp³-hybridized carbons (Fsp3) is 0.385. The predicted molar refractivity (Wildman–Crippen MR) is 71.6 cm³/mol. The van der Waals surface area contributed by atoms with Gasteiger partial charge in [-0.05, 0) is 31.2 Å². The van der Waals surface area contributed by atoms with Crippen LogP contribution >= 0.6 is 11.6 Å². The minimum absolute atomic E-state index is 0.0434. The van der Waals surface area contributed by atoms with Gasteiger partial charge in [-0.3, -0.25) is 0 Å². The smallest absolute Gasteiger partial charge is 0.247 e. The highest BCUT2D eigenvalue weighted by Crippen LogP contribution is 2.23. The van der Waals surface area contributed by atoms with E-state index in [-0.39, 0.29) is 5.02 Å². The van der Waals surface area contributed by atoms with Crippen molar-refractivity contribution in [3.63, 3.8) is 0 Å². The number of halogens is 2. The number of aromatic nitrogens is 2. The van der Waals surface area contributed by atoms with Crippen LogP contribution in [0.5, 0.6) is 0 Å². The van der Waals surface area contributed by atoms with Gasteiger partial charge in [0.05, 0.1) is 5.02 Å². The number of rotatable bonds is 6. The van der Waals surface area contributed by atoms with Crippen molar-refractivity contribution in [2.75, 3.05) is 13.1 Å². The first-order chi connectivity index (χ1) is 9.20. The van der Waals surface area contributed by atoms with Crippen molar-refractivity contribution in [3.05, 3.63) is 34.9 Å². The van der Waals surface area contributed by atoms with Gasteiger partial charge in [0.1, 0.15) is 5.82 Å². The number of hydrogen-bond acceptors (Lipinski definition) is 4. The first kappa shape index (κ1) is 14.0. The molecule has 0 saturated carbocycles. The van der Waals surface area contributed by atoms with Crippen LogP contribution in [0.25, 0.3) is 11.5 Å². The molecule has 0 saturated heterocycles. The summed E-state index contributed by atoms with van der Waals surface area (Å²) < 4.78 is 18.6. The van der Waals surface area contributed by atoms with E-state index >= 15 is 0 Å². The molecule has 0 spiro atoms. The Morgan fingerprint density at radius 2 is 2.16 bits per heavy atom. The third-order valence-electron chi connectivity index (χ3n) is 2.58. The first-order valence-electron chi connectivity index (χ1n) is 6.19. The Hall–Kier alpha value is -1.46. The summed E-state index contributed by atoms with van der Waals surface area (Å²) in [7, 11) is 0. The van der Waals surface area contributed by atoms with Crippen LogP contribution < -0.4 is 5.32 Å². The zero-order chi connectivity index (χ0) is 13.7. The molecule has 1 heterocycles. The highest BCUT2D eigenvalue weighted by Gasteiger charge is 2.10. The summed E-state index contributed by atoms with van der Waals surface area (Å²) in [5, 5.41) is 11.2. The fourth-order valence-corrected chi connectivity index (χ4v) is 1.78. The summed E-state index contributed by atoms with van der Waals surface area (Å²) in [4.78, 5) is 0. The maximum Gasteiger partial charge on any atom is 0.247 e. The largest absolute Gasteiger partial charge is 0.421 e. The molecule has 4 nitrogen and oxygen atoms in total. The molecule has 0 amide bonds. The van der Waals surface area contributed by atoms with Crippen LogP contribution in [-0.2, 0) is 6.42 Å². The van der Waals surface area contributed by atoms with Crippen molar-refractivity contribution < 1.29 is 8.81 Å². The second kappa shape index (κ2) is 6.63. The van der Waals surface area contributed by atoms with Gasteiger partial charge in [0.15, 0.2) is 0 Å². The van der Waals surface area contributed by atoms with E-state index in [9.17, 15) is 4.39 Å². The Balaban J connectivity index is 2.01. The van der Waals surface area contributed by atoms with E-state index in [0.717, 1.165) is 19.5 Å². The number of nitrogens with one attached hydrogen (secondary N) is 1. The molecule has 102 valence electrons. The van der Waals surface area contributed by atoms with E-state index in [4.69, 9.17) is 16.0 Å². The molecule has 6 heteroatoms. The molecule has 2 rings (SSSR count). The summed E-state index contributed by atoms with van der Waals surface area (Å²) in [5.74, 6) is 0.445. The fourth-order valence-electron chi connectivity index (χ4n) is 1.60. The van der Waals surface area contributed by atoms with Crippen LogP contribution in [0.2, 0.25) is 5.02 Å². The second-order valence-electron chi connectivity index (χ2n) is 4.13. The molecular weight excluding hydrogens is 269 g/mol. The standard InChI is InChI=1S/C13H15ClFN3O/c1-2-6-16-7-5-12-17-18-13(19-12)9-3-4-11(15)10(14)8-9/h3-4,8,16H,2,5-7H2,1H3. The summed E-state index contributed by atoms with van der Waals surface area (Å²) in [6.45, 7) is 3.87. The lowest BCUT2D eigenvalue weighted by molar-refractivity contribution is 0.494. The van der Waals surface area contributed by atoms with E-state index in [1.807, 2.05) is 0 Å². The van der Waals surface area contributed by atoms with Gasteiger partial charge in [0.2, 0.25) is 11.8 Å². The Bertz CT molecular complexity index is 544. The van der Waals surface area contributed by atoms with Crippen LogP contribution in [0.15, 0.2) is 22.6 Å². The van der Waals surface area contributed by atoms with Crippen molar-refractivity contribution in [1.29, 1.82) is 0 Å². The Morgan fingerprint density at radius 3 is 2.89 bits per heavy atom. The molecule has 0 aliphatic rings. The molecule has 0 unspecified atom stereocenters. The Morgan fingerprint density at radius 1 is 1.32 bits per heavy atom. The van der Waals surface area contributed by atoms with E-state index in [1.54, 1.807) is 6.07 Å². The van der Waals surface area contributed by atoms with Gasteiger partial charge in [0.25, 0.3) is 0 Å². The minimum Gasteiger partial charge on any atom is -0.421 e. The van der Waals surface area contributed by atoms with Gasteiger partial charge in [-0.1, -0.05) is 18.5 Å². The maximum atomic E-state index is 13.1.